The van der Waals surface area contributed by atoms with Gasteiger partial charge in [0, 0.05) is 18.2 Å². The Labute approximate surface area is 128 Å². The quantitative estimate of drug-likeness (QED) is 0.568. The maximum Gasteiger partial charge on any atom is 0.288 e. The van der Waals surface area contributed by atoms with Gasteiger partial charge in [-0.1, -0.05) is 24.9 Å². The summed E-state index contributed by atoms with van der Waals surface area (Å²) in [5.41, 5.74) is 5.80. The minimum atomic E-state index is -0.563. The lowest BCUT2D eigenvalue weighted by Crippen LogP contribution is -2.15. The van der Waals surface area contributed by atoms with Crippen LogP contribution in [-0.4, -0.2) is 17.4 Å². The normalized spacial score (nSPS) is 12.0. The molecule has 0 bridgehead atoms. The Morgan fingerprint density at radius 3 is 2.71 bits per heavy atom. The molecule has 0 fully saturated rings. The molecule has 1 amide bonds. The van der Waals surface area contributed by atoms with E-state index in [1.165, 1.54) is 18.2 Å². The first-order valence-electron chi connectivity index (χ1n) is 6.91. The third-order valence-corrected chi connectivity index (χ3v) is 3.66. The fraction of sp³-hybridized carbons (Fsp3) is 0.500. The number of nitro benzene ring substituents is 1. The molecule has 1 aromatic carbocycles. The molecule has 0 aliphatic heterocycles. The van der Waals surface area contributed by atoms with Crippen molar-refractivity contribution in [2.45, 2.75) is 32.6 Å². The van der Waals surface area contributed by atoms with E-state index in [4.69, 9.17) is 17.3 Å². The summed E-state index contributed by atoms with van der Waals surface area (Å²) in [4.78, 5) is 21.9. The van der Waals surface area contributed by atoms with Gasteiger partial charge >= 0.3 is 0 Å². The van der Waals surface area contributed by atoms with Crippen LogP contribution in [0.25, 0.3) is 0 Å². The number of nitrogens with zero attached hydrogens (tertiary/aromatic N) is 1. The van der Waals surface area contributed by atoms with Gasteiger partial charge in [0.05, 0.1) is 4.92 Å². The number of hydrogen-bond donors (Lipinski definition) is 2. The van der Waals surface area contributed by atoms with Crippen molar-refractivity contribution in [3.8, 4) is 0 Å². The molecule has 1 rings (SSSR count). The predicted octanol–water partition coefficient (Wildman–Crippen LogP) is 3.34. The van der Waals surface area contributed by atoms with Crippen LogP contribution in [-0.2, 0) is 4.79 Å². The van der Waals surface area contributed by atoms with E-state index in [0.717, 1.165) is 19.3 Å². The summed E-state index contributed by atoms with van der Waals surface area (Å²) >= 11 is 5.79. The van der Waals surface area contributed by atoms with Gasteiger partial charge in [-0.25, -0.2) is 0 Å². The average molecular weight is 314 g/mol. The summed E-state index contributed by atoms with van der Waals surface area (Å²) in [5.74, 6) is 0.316. The van der Waals surface area contributed by atoms with Gasteiger partial charge < -0.3 is 11.1 Å². The number of carbonyl (C=O) groups excluding carboxylic acids is 1. The molecule has 0 aliphatic rings. The molecule has 116 valence electrons. The smallest absolute Gasteiger partial charge is 0.288 e. The molecule has 0 heterocycles. The number of halogens is 1. The molecule has 6 nitrogen and oxygen atoms in total. The highest BCUT2D eigenvalue weighted by Gasteiger charge is 2.14. The summed E-state index contributed by atoms with van der Waals surface area (Å²) in [7, 11) is 0. The van der Waals surface area contributed by atoms with Gasteiger partial charge in [0.25, 0.3) is 5.69 Å². The van der Waals surface area contributed by atoms with Crippen molar-refractivity contribution < 1.29 is 9.72 Å². The fourth-order valence-electron chi connectivity index (χ4n) is 2.08. The number of amides is 1. The lowest BCUT2D eigenvalue weighted by atomic mass is 9.96. The van der Waals surface area contributed by atoms with Crippen molar-refractivity contribution in [3.63, 3.8) is 0 Å². The molecule has 1 aromatic rings. The highest BCUT2D eigenvalue weighted by Crippen LogP contribution is 2.27. The van der Waals surface area contributed by atoms with Gasteiger partial charge in [-0.15, -0.1) is 0 Å². The fourth-order valence-corrected chi connectivity index (χ4v) is 2.33. The summed E-state index contributed by atoms with van der Waals surface area (Å²) in [6.45, 7) is 2.70. The number of hydrogen-bond acceptors (Lipinski definition) is 4. The van der Waals surface area contributed by atoms with Crippen LogP contribution in [0.1, 0.15) is 32.6 Å². The minimum Gasteiger partial charge on any atom is -0.330 e. The van der Waals surface area contributed by atoms with E-state index in [2.05, 4.69) is 12.2 Å². The van der Waals surface area contributed by atoms with Crippen molar-refractivity contribution in [1.29, 1.82) is 0 Å². The molecule has 0 aromatic heterocycles. The van der Waals surface area contributed by atoms with Crippen LogP contribution in [0.5, 0.6) is 0 Å². The molecular formula is C14H20ClN3O3. The second kappa shape index (κ2) is 8.59. The van der Waals surface area contributed by atoms with Crippen LogP contribution in [0.4, 0.5) is 11.4 Å². The molecule has 0 radical (unpaired) electrons. The van der Waals surface area contributed by atoms with E-state index in [9.17, 15) is 14.9 Å². The zero-order chi connectivity index (χ0) is 15.8. The van der Waals surface area contributed by atoms with E-state index in [-0.39, 0.29) is 16.6 Å². The second-order valence-corrected chi connectivity index (χ2v) is 5.27. The van der Waals surface area contributed by atoms with Gasteiger partial charge in [0.15, 0.2) is 0 Å². The molecule has 7 heteroatoms. The van der Waals surface area contributed by atoms with Crippen LogP contribution in [0.3, 0.4) is 0 Å². The van der Waals surface area contributed by atoms with Gasteiger partial charge in [0.1, 0.15) is 5.02 Å². The van der Waals surface area contributed by atoms with Crippen molar-refractivity contribution in [3.05, 3.63) is 33.3 Å². The molecule has 0 saturated carbocycles. The summed E-state index contributed by atoms with van der Waals surface area (Å²) in [6.07, 6.45) is 3.08. The Bertz CT molecular complexity index is 508. The summed E-state index contributed by atoms with van der Waals surface area (Å²) in [5, 5.41) is 13.4. The van der Waals surface area contributed by atoms with Crippen molar-refractivity contribution >= 4 is 28.9 Å². The third kappa shape index (κ3) is 5.69. The monoisotopic (exact) mass is 313 g/mol. The van der Waals surface area contributed by atoms with Gasteiger partial charge in [-0.2, -0.15) is 0 Å². The van der Waals surface area contributed by atoms with Gasteiger partial charge in [0.2, 0.25) is 5.91 Å². The molecule has 0 saturated heterocycles. The number of nitro groups is 1. The van der Waals surface area contributed by atoms with Gasteiger partial charge in [-0.3, -0.25) is 14.9 Å². The average Bonchev–Trinajstić information content (AvgIpc) is 2.43. The van der Waals surface area contributed by atoms with Crippen molar-refractivity contribution in [2.75, 3.05) is 11.9 Å². The molecule has 0 aliphatic carbocycles. The molecule has 1 unspecified atom stereocenters. The third-order valence-electron chi connectivity index (χ3n) is 3.36. The largest absolute Gasteiger partial charge is 0.330 e. The van der Waals surface area contributed by atoms with Crippen molar-refractivity contribution in [2.24, 2.45) is 11.7 Å². The maximum atomic E-state index is 11.8. The van der Waals surface area contributed by atoms with E-state index in [1.807, 2.05) is 0 Å². The molecule has 3 N–H and O–H groups in total. The second-order valence-electron chi connectivity index (χ2n) is 4.86. The maximum absolute atomic E-state index is 11.8. The highest BCUT2D eigenvalue weighted by molar-refractivity contribution is 6.33. The lowest BCUT2D eigenvalue weighted by molar-refractivity contribution is -0.384. The minimum absolute atomic E-state index is 0.00682. The lowest BCUT2D eigenvalue weighted by Gasteiger charge is -2.13. The first-order chi connectivity index (χ1) is 9.97. The molecular weight excluding hydrogens is 294 g/mol. The summed E-state index contributed by atoms with van der Waals surface area (Å²) in [6, 6.07) is 4.13. The number of nitrogens with one attached hydrogen (secondary N) is 1. The number of nitrogens with two attached hydrogens (primary N) is 1. The zero-order valence-electron chi connectivity index (χ0n) is 12.0. The van der Waals surface area contributed by atoms with E-state index >= 15 is 0 Å². The molecule has 21 heavy (non-hydrogen) atoms. The predicted molar refractivity (Wildman–Crippen MR) is 83.4 cm³/mol. The van der Waals surface area contributed by atoms with Gasteiger partial charge in [-0.05, 0) is 37.4 Å². The zero-order valence-corrected chi connectivity index (χ0v) is 12.7. The Morgan fingerprint density at radius 2 is 2.19 bits per heavy atom. The Balaban J connectivity index is 2.55. The van der Waals surface area contributed by atoms with Crippen LogP contribution in [0.15, 0.2) is 18.2 Å². The van der Waals surface area contributed by atoms with Crippen LogP contribution in [0, 0.1) is 16.0 Å². The highest BCUT2D eigenvalue weighted by atomic mass is 35.5. The van der Waals surface area contributed by atoms with Crippen LogP contribution >= 0.6 is 11.6 Å². The topological polar surface area (TPSA) is 98.3 Å². The molecule has 1 atom stereocenters. The number of carbonyl (C=O) groups is 1. The first kappa shape index (κ1) is 17.4. The first-order valence-corrected chi connectivity index (χ1v) is 7.29. The molecule has 0 spiro atoms. The number of benzene rings is 1. The van der Waals surface area contributed by atoms with E-state index < -0.39 is 4.92 Å². The Kier molecular flexibility index (Phi) is 7.11. The van der Waals surface area contributed by atoms with Crippen molar-refractivity contribution in [1.82, 2.24) is 0 Å². The number of rotatable bonds is 8. The van der Waals surface area contributed by atoms with E-state index in [1.54, 1.807) is 0 Å². The number of anilines is 1. The Hall–Kier alpha value is -1.66. The van der Waals surface area contributed by atoms with Crippen LogP contribution < -0.4 is 11.1 Å². The standard InChI is InChI=1S/C14H20ClN3O3/c1-2-10(7-8-16)3-6-14(19)17-11-4-5-13(18(20)21)12(15)9-11/h4-5,9-10H,2-3,6-8,16H2,1H3,(H,17,19). The summed E-state index contributed by atoms with van der Waals surface area (Å²) < 4.78 is 0. The van der Waals surface area contributed by atoms with Crippen LogP contribution in [0.2, 0.25) is 5.02 Å². The SMILES string of the molecule is CCC(CCN)CCC(=O)Nc1ccc([N+](=O)[O-])c(Cl)c1. The van der Waals surface area contributed by atoms with E-state index in [0.29, 0.717) is 24.6 Å². The Morgan fingerprint density at radius 1 is 1.48 bits per heavy atom.